The van der Waals surface area contributed by atoms with Crippen LogP contribution in [0.1, 0.15) is 30.9 Å². The second-order valence-electron chi connectivity index (χ2n) is 8.00. The zero-order chi connectivity index (χ0) is 22.0. The molecule has 0 atom stereocenters. The third-order valence-electron chi connectivity index (χ3n) is 5.47. The number of rotatable bonds is 6. The topological polar surface area (TPSA) is 76.6 Å². The standard InChI is InChI=1S/C24H26N2O4S/c1-17-9-10-21-20(14-17)22(30-12-5-6-18(2)27)15-24(25-21)26-11-13-31(28,29)23-8-4-3-7-19(23)16-26/h3-4,7-10,14-15H,5-6,11-13,16H2,1-2H3. The van der Waals surface area contributed by atoms with Crippen LogP contribution in [0.25, 0.3) is 10.9 Å². The van der Waals surface area contributed by atoms with Crippen molar-refractivity contribution in [2.45, 2.75) is 38.1 Å². The van der Waals surface area contributed by atoms with Crippen molar-refractivity contribution in [2.75, 3.05) is 23.8 Å². The number of carbonyl (C=O) groups is 1. The Balaban J connectivity index is 1.70. The number of hydrogen-bond donors (Lipinski definition) is 0. The molecule has 2 heterocycles. The smallest absolute Gasteiger partial charge is 0.180 e. The highest BCUT2D eigenvalue weighted by atomic mass is 32.2. The van der Waals surface area contributed by atoms with Crippen LogP contribution in [0, 0.1) is 6.92 Å². The molecule has 4 rings (SSSR count). The van der Waals surface area contributed by atoms with Crippen LogP contribution < -0.4 is 9.64 Å². The van der Waals surface area contributed by atoms with Gasteiger partial charge in [-0.05, 0) is 44.0 Å². The van der Waals surface area contributed by atoms with Crippen LogP contribution in [0.2, 0.25) is 0 Å². The van der Waals surface area contributed by atoms with E-state index in [1.807, 2.05) is 48.2 Å². The molecule has 0 amide bonds. The van der Waals surface area contributed by atoms with Gasteiger partial charge in [-0.25, -0.2) is 13.4 Å². The summed E-state index contributed by atoms with van der Waals surface area (Å²) in [6, 6.07) is 15.0. The Morgan fingerprint density at radius 3 is 2.77 bits per heavy atom. The number of hydrogen-bond acceptors (Lipinski definition) is 6. The number of benzene rings is 2. The Bertz CT molecular complexity index is 1240. The van der Waals surface area contributed by atoms with Gasteiger partial charge in [-0.3, -0.25) is 0 Å². The number of aryl methyl sites for hydroxylation is 1. The van der Waals surface area contributed by atoms with Crippen molar-refractivity contribution in [1.82, 2.24) is 4.98 Å². The number of pyridine rings is 1. The molecule has 0 saturated carbocycles. The quantitative estimate of drug-likeness (QED) is 0.540. The lowest BCUT2D eigenvalue weighted by atomic mass is 10.1. The molecule has 2 aromatic carbocycles. The molecule has 0 spiro atoms. The average Bonchev–Trinajstić information content (AvgIpc) is 2.87. The SMILES string of the molecule is CC(=O)CCCOc1cc(N2CCS(=O)(=O)c3ccccc3C2)nc2ccc(C)cc12. The van der Waals surface area contributed by atoms with Gasteiger partial charge in [0.05, 0.1) is 22.8 Å². The second kappa shape index (κ2) is 8.67. The van der Waals surface area contributed by atoms with Gasteiger partial charge in [0.1, 0.15) is 17.4 Å². The van der Waals surface area contributed by atoms with Gasteiger partial charge in [-0.15, -0.1) is 0 Å². The monoisotopic (exact) mass is 438 g/mol. The molecule has 0 radical (unpaired) electrons. The molecule has 1 aliphatic heterocycles. The van der Waals surface area contributed by atoms with Gasteiger partial charge in [0, 0.05) is 31.0 Å². The molecule has 0 N–H and O–H groups in total. The largest absolute Gasteiger partial charge is 0.493 e. The minimum atomic E-state index is -3.34. The molecule has 0 fully saturated rings. The van der Waals surface area contributed by atoms with Gasteiger partial charge < -0.3 is 14.4 Å². The Morgan fingerprint density at radius 1 is 1.16 bits per heavy atom. The van der Waals surface area contributed by atoms with Crippen molar-refractivity contribution in [3.8, 4) is 5.75 Å². The molecule has 3 aromatic rings. The van der Waals surface area contributed by atoms with E-state index in [4.69, 9.17) is 9.72 Å². The van der Waals surface area contributed by atoms with E-state index in [2.05, 4.69) is 0 Å². The predicted octanol–water partition coefficient (Wildman–Crippen LogP) is 4.09. The van der Waals surface area contributed by atoms with E-state index in [1.54, 1.807) is 19.1 Å². The van der Waals surface area contributed by atoms with E-state index in [0.717, 1.165) is 22.0 Å². The Labute approximate surface area is 182 Å². The summed E-state index contributed by atoms with van der Waals surface area (Å²) in [6.07, 6.45) is 1.13. The van der Waals surface area contributed by atoms with Gasteiger partial charge in [-0.1, -0.05) is 29.8 Å². The Morgan fingerprint density at radius 2 is 1.97 bits per heavy atom. The number of sulfone groups is 1. The fourth-order valence-corrected chi connectivity index (χ4v) is 5.34. The first-order valence-electron chi connectivity index (χ1n) is 10.4. The number of fused-ring (bicyclic) bond motifs is 2. The normalized spacial score (nSPS) is 15.4. The van der Waals surface area contributed by atoms with E-state index < -0.39 is 9.84 Å². The third-order valence-corrected chi connectivity index (χ3v) is 7.25. The average molecular weight is 439 g/mol. The lowest BCUT2D eigenvalue weighted by Crippen LogP contribution is -2.26. The molecule has 162 valence electrons. The molecule has 6 nitrogen and oxygen atoms in total. The fraction of sp³-hybridized carbons (Fsp3) is 0.333. The van der Waals surface area contributed by atoms with E-state index in [0.29, 0.717) is 49.0 Å². The summed E-state index contributed by atoms with van der Waals surface area (Å²) >= 11 is 0. The zero-order valence-corrected chi connectivity index (χ0v) is 18.6. The Kier molecular flexibility index (Phi) is 5.96. The van der Waals surface area contributed by atoms with Gasteiger partial charge in [-0.2, -0.15) is 0 Å². The first kappa shape index (κ1) is 21.3. The van der Waals surface area contributed by atoms with Crippen molar-refractivity contribution in [1.29, 1.82) is 0 Å². The van der Waals surface area contributed by atoms with E-state index in [-0.39, 0.29) is 11.5 Å². The van der Waals surface area contributed by atoms with Gasteiger partial charge >= 0.3 is 0 Å². The van der Waals surface area contributed by atoms with Crippen LogP contribution in [0.5, 0.6) is 5.75 Å². The molecule has 31 heavy (non-hydrogen) atoms. The maximum atomic E-state index is 12.7. The molecule has 0 bridgehead atoms. The number of aromatic nitrogens is 1. The maximum Gasteiger partial charge on any atom is 0.180 e. The second-order valence-corrected chi connectivity index (χ2v) is 10.1. The summed E-state index contributed by atoms with van der Waals surface area (Å²) in [5, 5.41) is 0.911. The summed E-state index contributed by atoms with van der Waals surface area (Å²) < 4.78 is 31.5. The van der Waals surface area contributed by atoms with Crippen molar-refractivity contribution in [3.63, 3.8) is 0 Å². The van der Waals surface area contributed by atoms with Crippen molar-refractivity contribution < 1.29 is 17.9 Å². The number of ether oxygens (including phenoxy) is 1. The summed E-state index contributed by atoms with van der Waals surface area (Å²) in [5.41, 5.74) is 2.67. The minimum Gasteiger partial charge on any atom is -0.493 e. The van der Waals surface area contributed by atoms with Crippen molar-refractivity contribution in [2.24, 2.45) is 0 Å². The van der Waals surface area contributed by atoms with Crippen molar-refractivity contribution >= 4 is 32.3 Å². The van der Waals surface area contributed by atoms with Crippen LogP contribution in [0.3, 0.4) is 0 Å². The van der Waals surface area contributed by atoms with Crippen molar-refractivity contribution in [3.05, 3.63) is 59.7 Å². The summed E-state index contributed by atoms with van der Waals surface area (Å²) in [4.78, 5) is 18.4. The van der Waals surface area contributed by atoms with E-state index in [1.165, 1.54) is 0 Å². The summed E-state index contributed by atoms with van der Waals surface area (Å²) in [6.45, 7) is 4.84. The highest BCUT2D eigenvalue weighted by molar-refractivity contribution is 7.91. The van der Waals surface area contributed by atoms with E-state index >= 15 is 0 Å². The molecule has 0 saturated heterocycles. The molecule has 1 aliphatic rings. The van der Waals surface area contributed by atoms with Crippen LogP contribution in [0.15, 0.2) is 53.4 Å². The molecular weight excluding hydrogens is 412 g/mol. The molecular formula is C24H26N2O4S. The number of anilines is 1. The fourth-order valence-electron chi connectivity index (χ4n) is 3.84. The number of nitrogens with zero attached hydrogens (tertiary/aromatic N) is 2. The van der Waals surface area contributed by atoms with Crippen LogP contribution >= 0.6 is 0 Å². The van der Waals surface area contributed by atoms with Crippen LogP contribution in [-0.2, 0) is 21.2 Å². The van der Waals surface area contributed by atoms with Gasteiger partial charge in [0.25, 0.3) is 0 Å². The third kappa shape index (κ3) is 4.71. The number of Topliss-reactive ketones (excluding diaryl/α,β-unsaturated/α-hetero) is 1. The first-order valence-corrected chi connectivity index (χ1v) is 12.1. The van der Waals surface area contributed by atoms with E-state index in [9.17, 15) is 13.2 Å². The predicted molar refractivity (Wildman–Crippen MR) is 121 cm³/mol. The first-order chi connectivity index (χ1) is 14.8. The molecule has 7 heteroatoms. The lowest BCUT2D eigenvalue weighted by Gasteiger charge is -2.23. The lowest BCUT2D eigenvalue weighted by molar-refractivity contribution is -0.117. The maximum absolute atomic E-state index is 12.7. The molecule has 0 aliphatic carbocycles. The highest BCUT2D eigenvalue weighted by Crippen LogP contribution is 2.32. The number of carbonyl (C=O) groups excluding carboxylic acids is 1. The van der Waals surface area contributed by atoms with Crippen LogP contribution in [0.4, 0.5) is 5.82 Å². The minimum absolute atomic E-state index is 0.0342. The molecule has 1 aromatic heterocycles. The van der Waals surface area contributed by atoms with Gasteiger partial charge in [0.2, 0.25) is 0 Å². The zero-order valence-electron chi connectivity index (χ0n) is 17.8. The van der Waals surface area contributed by atoms with Crippen LogP contribution in [-0.4, -0.2) is 38.1 Å². The number of ketones is 1. The Hall–Kier alpha value is -2.93. The highest BCUT2D eigenvalue weighted by Gasteiger charge is 2.26. The molecule has 0 unspecified atom stereocenters. The summed E-state index contributed by atoms with van der Waals surface area (Å²) in [7, 11) is -3.34. The van der Waals surface area contributed by atoms with Gasteiger partial charge in [0.15, 0.2) is 9.84 Å². The summed E-state index contributed by atoms with van der Waals surface area (Å²) in [5.74, 6) is 1.56.